The number of hydrogen-bond donors (Lipinski definition) is 1. The molecule has 23 heavy (non-hydrogen) atoms. The maximum Gasteiger partial charge on any atom is 0.153 e. The summed E-state index contributed by atoms with van der Waals surface area (Å²) in [6.45, 7) is 2.55. The predicted molar refractivity (Wildman–Crippen MR) is 88.4 cm³/mol. The summed E-state index contributed by atoms with van der Waals surface area (Å²) in [6, 6.07) is 3.50. The van der Waals surface area contributed by atoms with Crippen molar-refractivity contribution in [2.75, 3.05) is 29.5 Å². The molecule has 0 spiro atoms. The summed E-state index contributed by atoms with van der Waals surface area (Å²) < 4.78 is 24.9. The van der Waals surface area contributed by atoms with Crippen LogP contribution in [0, 0.1) is 11.3 Å². The minimum atomic E-state index is -3.00. The van der Waals surface area contributed by atoms with Gasteiger partial charge in [-0.1, -0.05) is 11.6 Å². The number of fused-ring (bicyclic) bond motifs is 1. The molecule has 1 fully saturated rings. The van der Waals surface area contributed by atoms with Crippen molar-refractivity contribution >= 4 is 32.8 Å². The minimum absolute atomic E-state index is 0.0852. The maximum atomic E-state index is 11.7. The van der Waals surface area contributed by atoms with Crippen molar-refractivity contribution < 1.29 is 8.42 Å². The fourth-order valence-corrected chi connectivity index (χ4v) is 4.29. The molecule has 0 bridgehead atoms. The lowest BCUT2D eigenvalue weighted by atomic mass is 10.1. The number of nitrogens with two attached hydrogens (primary N) is 1. The summed E-state index contributed by atoms with van der Waals surface area (Å²) in [5.74, 6) is 0.875. The molecule has 0 aliphatic carbocycles. The van der Waals surface area contributed by atoms with Crippen LogP contribution in [0.1, 0.15) is 24.1 Å². The lowest BCUT2D eigenvalue weighted by Crippen LogP contribution is -2.42. The summed E-state index contributed by atoms with van der Waals surface area (Å²) in [5.41, 5.74) is 7.72. The zero-order valence-electron chi connectivity index (χ0n) is 12.5. The molecular formula is C14H16ClN5O2S. The summed E-state index contributed by atoms with van der Waals surface area (Å²) >= 11 is 6.31. The van der Waals surface area contributed by atoms with E-state index in [9.17, 15) is 13.7 Å². The lowest BCUT2D eigenvalue weighted by Gasteiger charge is -2.31. The van der Waals surface area contributed by atoms with E-state index in [1.165, 1.54) is 6.20 Å². The van der Waals surface area contributed by atoms with Gasteiger partial charge in [0.1, 0.15) is 17.4 Å². The van der Waals surface area contributed by atoms with Crippen molar-refractivity contribution in [3.05, 3.63) is 28.4 Å². The fraction of sp³-hybridized carbons (Fsp3) is 0.429. The molecule has 1 unspecified atom stereocenters. The van der Waals surface area contributed by atoms with Crippen molar-refractivity contribution in [3.63, 3.8) is 0 Å². The first-order valence-electron chi connectivity index (χ1n) is 7.15. The first-order chi connectivity index (χ1) is 10.8. The first kappa shape index (κ1) is 16.1. The maximum absolute atomic E-state index is 11.7. The van der Waals surface area contributed by atoms with E-state index < -0.39 is 9.84 Å². The van der Waals surface area contributed by atoms with Crippen LogP contribution in [0.5, 0.6) is 0 Å². The van der Waals surface area contributed by atoms with Crippen LogP contribution in [0.15, 0.2) is 12.3 Å². The topological polar surface area (TPSA) is 104 Å². The number of aromatic nitrogens is 2. The SMILES string of the molecule is CC(N)c1cc(Cl)c2c(C#N)cnn2c1N1CCS(=O)(=O)CC1. The van der Waals surface area contributed by atoms with E-state index in [4.69, 9.17) is 17.3 Å². The van der Waals surface area contributed by atoms with Crippen molar-refractivity contribution in [3.8, 4) is 6.07 Å². The van der Waals surface area contributed by atoms with E-state index in [2.05, 4.69) is 11.2 Å². The summed E-state index contributed by atoms with van der Waals surface area (Å²) in [7, 11) is -3.00. The Morgan fingerprint density at radius 2 is 2.09 bits per heavy atom. The van der Waals surface area contributed by atoms with E-state index in [-0.39, 0.29) is 17.5 Å². The van der Waals surface area contributed by atoms with Crippen LogP contribution in [-0.4, -0.2) is 42.6 Å². The molecule has 0 aromatic carbocycles. The lowest BCUT2D eigenvalue weighted by molar-refractivity contribution is 0.585. The fourth-order valence-electron chi connectivity index (χ4n) is 2.79. The average molecular weight is 354 g/mol. The molecular weight excluding hydrogens is 338 g/mol. The number of nitriles is 1. The summed E-state index contributed by atoms with van der Waals surface area (Å²) in [6.07, 6.45) is 1.45. The van der Waals surface area contributed by atoms with Gasteiger partial charge in [0.15, 0.2) is 9.84 Å². The first-order valence-corrected chi connectivity index (χ1v) is 9.35. The quantitative estimate of drug-likeness (QED) is 0.867. The number of nitrogens with zero attached hydrogens (tertiary/aromatic N) is 4. The molecule has 1 saturated heterocycles. The van der Waals surface area contributed by atoms with Crippen molar-refractivity contribution in [1.29, 1.82) is 5.26 Å². The van der Waals surface area contributed by atoms with Gasteiger partial charge in [0.05, 0.1) is 28.3 Å². The van der Waals surface area contributed by atoms with Crippen molar-refractivity contribution in [2.45, 2.75) is 13.0 Å². The Balaban J connectivity index is 2.22. The van der Waals surface area contributed by atoms with Crippen LogP contribution in [0.2, 0.25) is 5.02 Å². The Morgan fingerprint density at radius 1 is 1.43 bits per heavy atom. The highest BCUT2D eigenvalue weighted by Gasteiger charge is 2.27. The number of pyridine rings is 1. The highest BCUT2D eigenvalue weighted by Crippen LogP contribution is 2.33. The molecule has 1 aliphatic rings. The third-order valence-electron chi connectivity index (χ3n) is 3.99. The van der Waals surface area contributed by atoms with Crippen molar-refractivity contribution in [1.82, 2.24) is 9.61 Å². The van der Waals surface area contributed by atoms with Gasteiger partial charge in [-0.25, -0.2) is 12.9 Å². The zero-order valence-corrected chi connectivity index (χ0v) is 14.1. The molecule has 3 rings (SSSR count). The van der Waals surface area contributed by atoms with Gasteiger partial charge in [0, 0.05) is 24.7 Å². The second kappa shape index (κ2) is 5.67. The van der Waals surface area contributed by atoms with Crippen LogP contribution in [0.3, 0.4) is 0 Å². The molecule has 3 heterocycles. The molecule has 1 aliphatic heterocycles. The number of halogens is 1. The van der Waals surface area contributed by atoms with Gasteiger partial charge in [-0.05, 0) is 13.0 Å². The van der Waals surface area contributed by atoms with E-state index in [1.807, 2.05) is 11.8 Å². The van der Waals surface area contributed by atoms with Gasteiger partial charge < -0.3 is 10.6 Å². The standard InChI is InChI=1S/C14H16ClN5O2S/c1-9(17)11-6-12(15)13-10(7-16)8-18-20(13)14(11)19-2-4-23(21,22)5-3-19/h6,8-9H,2-5,17H2,1H3. The van der Waals surface area contributed by atoms with Gasteiger partial charge in [-0.15, -0.1) is 0 Å². The molecule has 9 heteroatoms. The molecule has 0 amide bonds. The highest BCUT2D eigenvalue weighted by molar-refractivity contribution is 7.91. The van der Waals surface area contributed by atoms with Gasteiger partial charge in [0.2, 0.25) is 0 Å². The second-order valence-electron chi connectivity index (χ2n) is 5.63. The van der Waals surface area contributed by atoms with Crippen molar-refractivity contribution in [2.24, 2.45) is 5.73 Å². The third kappa shape index (κ3) is 2.76. The van der Waals surface area contributed by atoms with Crippen LogP contribution in [0.25, 0.3) is 5.52 Å². The van der Waals surface area contributed by atoms with E-state index in [0.29, 0.717) is 35.0 Å². The predicted octanol–water partition coefficient (Wildman–Crippen LogP) is 1.11. The van der Waals surface area contributed by atoms with Gasteiger partial charge in [0.25, 0.3) is 0 Å². The Bertz CT molecular complexity index is 899. The average Bonchev–Trinajstić information content (AvgIpc) is 2.92. The zero-order chi connectivity index (χ0) is 16.8. The van der Waals surface area contributed by atoms with Gasteiger partial charge >= 0.3 is 0 Å². The highest BCUT2D eigenvalue weighted by atomic mass is 35.5. The van der Waals surface area contributed by atoms with Crippen LogP contribution in [0.4, 0.5) is 5.82 Å². The minimum Gasteiger partial charge on any atom is -0.354 e. The molecule has 0 saturated carbocycles. The molecule has 122 valence electrons. The van der Waals surface area contributed by atoms with Crippen LogP contribution in [-0.2, 0) is 9.84 Å². The Morgan fingerprint density at radius 3 is 2.65 bits per heavy atom. The Labute approximate surface area is 139 Å². The largest absolute Gasteiger partial charge is 0.354 e. The van der Waals surface area contributed by atoms with E-state index in [1.54, 1.807) is 10.6 Å². The van der Waals surface area contributed by atoms with Gasteiger partial charge in [-0.3, -0.25) is 0 Å². The Hall–Kier alpha value is -1.82. The molecule has 2 aromatic heterocycles. The smallest absolute Gasteiger partial charge is 0.153 e. The second-order valence-corrected chi connectivity index (χ2v) is 8.34. The summed E-state index contributed by atoms with van der Waals surface area (Å²) in [4.78, 5) is 1.94. The van der Waals surface area contributed by atoms with E-state index in [0.717, 1.165) is 5.56 Å². The third-order valence-corrected chi connectivity index (χ3v) is 5.89. The number of sulfone groups is 1. The number of rotatable bonds is 2. The van der Waals surface area contributed by atoms with Gasteiger partial charge in [-0.2, -0.15) is 10.4 Å². The number of hydrogen-bond acceptors (Lipinski definition) is 6. The Kier molecular flexibility index (Phi) is 3.96. The molecule has 0 radical (unpaired) electrons. The van der Waals surface area contributed by atoms with Crippen LogP contribution < -0.4 is 10.6 Å². The van der Waals surface area contributed by atoms with E-state index >= 15 is 0 Å². The number of anilines is 1. The van der Waals surface area contributed by atoms with Crippen LogP contribution >= 0.6 is 11.6 Å². The monoisotopic (exact) mass is 353 g/mol. The summed E-state index contributed by atoms with van der Waals surface area (Å²) in [5, 5.41) is 13.9. The molecule has 2 aromatic rings. The normalized spacial score (nSPS) is 18.8. The molecule has 7 nitrogen and oxygen atoms in total. The molecule has 2 N–H and O–H groups in total. The molecule has 1 atom stereocenters.